The minimum atomic E-state index is -0.247. The SMILES string of the molecule is N#Cc1ccccc1Cn1cnc2c(C#N)c(N3CCC[C@H](N)C3)n(Cc3ccccc3)c2c1=O. The lowest BCUT2D eigenvalue weighted by Crippen LogP contribution is -2.44. The van der Waals surface area contributed by atoms with Crippen molar-refractivity contribution in [2.75, 3.05) is 18.0 Å². The number of rotatable bonds is 5. The third kappa shape index (κ3) is 4.16. The minimum Gasteiger partial charge on any atom is -0.355 e. The largest absolute Gasteiger partial charge is 0.355 e. The molecule has 2 aromatic carbocycles. The smallest absolute Gasteiger partial charge is 0.278 e. The Morgan fingerprint density at radius 1 is 1.03 bits per heavy atom. The molecule has 35 heavy (non-hydrogen) atoms. The molecule has 1 saturated heterocycles. The van der Waals surface area contributed by atoms with E-state index in [0.29, 0.717) is 41.1 Å². The molecular formula is C27H25N7O. The molecule has 1 aliphatic heterocycles. The lowest BCUT2D eigenvalue weighted by Gasteiger charge is -2.33. The number of aromatic nitrogens is 3. The van der Waals surface area contributed by atoms with Crippen molar-refractivity contribution in [3.63, 3.8) is 0 Å². The first-order valence-corrected chi connectivity index (χ1v) is 11.6. The summed E-state index contributed by atoms with van der Waals surface area (Å²) in [7, 11) is 0. The van der Waals surface area contributed by atoms with Gasteiger partial charge in [0.2, 0.25) is 0 Å². The fourth-order valence-electron chi connectivity index (χ4n) is 4.87. The van der Waals surface area contributed by atoms with Crippen LogP contribution in [0.1, 0.15) is 35.1 Å². The van der Waals surface area contributed by atoms with Crippen molar-refractivity contribution in [3.8, 4) is 12.1 Å². The maximum Gasteiger partial charge on any atom is 0.278 e. The van der Waals surface area contributed by atoms with Gasteiger partial charge in [0.25, 0.3) is 5.56 Å². The summed E-state index contributed by atoms with van der Waals surface area (Å²) in [6.07, 6.45) is 3.32. The van der Waals surface area contributed by atoms with E-state index in [-0.39, 0.29) is 18.1 Å². The summed E-state index contributed by atoms with van der Waals surface area (Å²) >= 11 is 0. The van der Waals surface area contributed by atoms with Gasteiger partial charge in [-0.05, 0) is 30.0 Å². The van der Waals surface area contributed by atoms with Crippen molar-refractivity contribution >= 4 is 16.9 Å². The average molecular weight is 464 g/mol. The summed E-state index contributed by atoms with van der Waals surface area (Å²) in [5.41, 5.74) is 9.47. The van der Waals surface area contributed by atoms with Crippen molar-refractivity contribution in [1.82, 2.24) is 14.1 Å². The number of hydrogen-bond acceptors (Lipinski definition) is 6. The monoisotopic (exact) mass is 463 g/mol. The number of hydrogen-bond donors (Lipinski definition) is 1. The molecule has 2 N–H and O–H groups in total. The van der Waals surface area contributed by atoms with Crippen LogP contribution in [-0.4, -0.2) is 33.2 Å². The van der Waals surface area contributed by atoms with E-state index in [1.54, 1.807) is 12.1 Å². The Labute approximate surface area is 203 Å². The van der Waals surface area contributed by atoms with Crippen LogP contribution in [0.15, 0.2) is 65.7 Å². The van der Waals surface area contributed by atoms with E-state index in [1.807, 2.05) is 47.0 Å². The first kappa shape index (κ1) is 22.4. The molecule has 0 aliphatic carbocycles. The molecule has 5 rings (SSSR count). The van der Waals surface area contributed by atoms with Crippen molar-refractivity contribution < 1.29 is 0 Å². The molecule has 0 amide bonds. The minimum absolute atomic E-state index is 0.00517. The highest BCUT2D eigenvalue weighted by molar-refractivity contribution is 5.89. The summed E-state index contributed by atoms with van der Waals surface area (Å²) in [4.78, 5) is 20.5. The van der Waals surface area contributed by atoms with Gasteiger partial charge in [-0.15, -0.1) is 0 Å². The molecule has 0 saturated carbocycles. The van der Waals surface area contributed by atoms with E-state index in [0.717, 1.165) is 30.5 Å². The van der Waals surface area contributed by atoms with Gasteiger partial charge in [-0.2, -0.15) is 10.5 Å². The molecule has 1 aliphatic rings. The van der Waals surface area contributed by atoms with Gasteiger partial charge in [0, 0.05) is 25.7 Å². The highest BCUT2D eigenvalue weighted by Gasteiger charge is 2.28. The Bertz CT molecular complexity index is 1520. The number of anilines is 1. The van der Waals surface area contributed by atoms with E-state index in [1.165, 1.54) is 10.9 Å². The second kappa shape index (κ2) is 9.46. The van der Waals surface area contributed by atoms with Gasteiger partial charge in [0.1, 0.15) is 28.5 Å². The number of nitrogens with two attached hydrogens (primary N) is 1. The topological polar surface area (TPSA) is 117 Å². The van der Waals surface area contributed by atoms with Gasteiger partial charge < -0.3 is 15.2 Å². The first-order chi connectivity index (χ1) is 17.1. The van der Waals surface area contributed by atoms with Gasteiger partial charge in [-0.1, -0.05) is 48.5 Å². The van der Waals surface area contributed by atoms with Crippen molar-refractivity contribution in [3.05, 3.63) is 93.5 Å². The van der Waals surface area contributed by atoms with Crippen LogP contribution in [0.2, 0.25) is 0 Å². The summed E-state index contributed by atoms with van der Waals surface area (Å²) < 4.78 is 3.43. The second-order valence-corrected chi connectivity index (χ2v) is 8.87. The van der Waals surface area contributed by atoms with Gasteiger partial charge in [-0.25, -0.2) is 4.98 Å². The number of nitrogens with zero attached hydrogens (tertiary/aromatic N) is 6. The van der Waals surface area contributed by atoms with Crippen LogP contribution in [-0.2, 0) is 13.1 Å². The van der Waals surface area contributed by atoms with E-state index in [4.69, 9.17) is 5.73 Å². The standard InChI is InChI=1S/C27H25N7O/c28-13-20-9-4-5-10-21(20)16-33-18-31-24-23(14-29)26(32-12-6-11-22(30)17-32)34(25(24)27(33)35)15-19-7-2-1-3-8-19/h1-5,7-10,18,22H,6,11-12,15-17,30H2/t22-/m0/s1. The zero-order chi connectivity index (χ0) is 24.4. The Kier molecular flexibility index (Phi) is 6.05. The predicted octanol–water partition coefficient (Wildman–Crippen LogP) is 2.97. The summed E-state index contributed by atoms with van der Waals surface area (Å²) in [6.45, 7) is 2.02. The molecule has 8 heteroatoms. The predicted molar refractivity (Wildman–Crippen MR) is 134 cm³/mol. The van der Waals surface area contributed by atoms with Gasteiger partial charge in [-0.3, -0.25) is 9.36 Å². The lowest BCUT2D eigenvalue weighted by molar-refractivity contribution is 0.498. The average Bonchev–Trinajstić information content (AvgIpc) is 3.20. The van der Waals surface area contributed by atoms with Crippen molar-refractivity contribution in [1.29, 1.82) is 10.5 Å². The Balaban J connectivity index is 1.72. The molecule has 174 valence electrons. The molecule has 1 atom stereocenters. The first-order valence-electron chi connectivity index (χ1n) is 11.6. The molecule has 2 aromatic heterocycles. The van der Waals surface area contributed by atoms with Crippen molar-refractivity contribution in [2.45, 2.75) is 32.0 Å². The molecule has 0 bridgehead atoms. The molecule has 8 nitrogen and oxygen atoms in total. The van der Waals surface area contributed by atoms with Crippen LogP contribution in [0.25, 0.3) is 11.0 Å². The number of piperidine rings is 1. The van der Waals surface area contributed by atoms with E-state index < -0.39 is 0 Å². The lowest BCUT2D eigenvalue weighted by atomic mass is 10.1. The van der Waals surface area contributed by atoms with E-state index >= 15 is 0 Å². The summed E-state index contributed by atoms with van der Waals surface area (Å²) in [5, 5.41) is 19.6. The van der Waals surface area contributed by atoms with Gasteiger partial charge in [0.15, 0.2) is 0 Å². The molecule has 0 unspecified atom stereocenters. The summed E-state index contributed by atoms with van der Waals surface area (Å²) in [6, 6.07) is 21.6. The van der Waals surface area contributed by atoms with Crippen LogP contribution in [0.5, 0.6) is 0 Å². The normalized spacial score (nSPS) is 15.6. The number of nitriles is 2. The van der Waals surface area contributed by atoms with Crippen LogP contribution in [0.3, 0.4) is 0 Å². The Hall–Kier alpha value is -4.40. The van der Waals surface area contributed by atoms with Crippen LogP contribution >= 0.6 is 0 Å². The Morgan fingerprint density at radius 3 is 2.54 bits per heavy atom. The van der Waals surface area contributed by atoms with Crippen LogP contribution in [0.4, 0.5) is 5.82 Å². The van der Waals surface area contributed by atoms with Crippen LogP contribution < -0.4 is 16.2 Å². The maximum absolute atomic E-state index is 13.8. The number of benzene rings is 2. The van der Waals surface area contributed by atoms with Gasteiger partial charge in [0.05, 0.1) is 24.5 Å². The molecule has 1 fully saturated rings. The molecule has 0 radical (unpaired) electrons. The van der Waals surface area contributed by atoms with E-state index in [2.05, 4.69) is 22.0 Å². The molecule has 4 aromatic rings. The third-order valence-electron chi connectivity index (χ3n) is 6.53. The third-order valence-corrected chi connectivity index (χ3v) is 6.53. The molecular weight excluding hydrogens is 438 g/mol. The fourth-order valence-corrected chi connectivity index (χ4v) is 4.87. The van der Waals surface area contributed by atoms with Crippen molar-refractivity contribution in [2.24, 2.45) is 5.73 Å². The highest BCUT2D eigenvalue weighted by Crippen LogP contribution is 2.32. The Morgan fingerprint density at radius 2 is 1.80 bits per heavy atom. The molecule has 3 heterocycles. The quantitative estimate of drug-likeness (QED) is 0.486. The summed E-state index contributed by atoms with van der Waals surface area (Å²) in [5.74, 6) is 0.696. The zero-order valence-electron chi connectivity index (χ0n) is 19.3. The van der Waals surface area contributed by atoms with E-state index in [9.17, 15) is 15.3 Å². The van der Waals surface area contributed by atoms with Crippen LogP contribution in [0, 0.1) is 22.7 Å². The highest BCUT2D eigenvalue weighted by atomic mass is 16.1. The molecule has 0 spiro atoms. The van der Waals surface area contributed by atoms with Gasteiger partial charge >= 0.3 is 0 Å². The fraction of sp³-hybridized carbons (Fsp3) is 0.259. The maximum atomic E-state index is 13.8. The second-order valence-electron chi connectivity index (χ2n) is 8.87. The number of fused-ring (bicyclic) bond motifs is 1. The zero-order valence-corrected chi connectivity index (χ0v) is 19.3.